The minimum atomic E-state index is 0. The molecular formula is C26H42ClN5O2. The molecule has 0 spiro atoms. The summed E-state index contributed by atoms with van der Waals surface area (Å²) >= 11 is 0. The first-order valence-corrected chi connectivity index (χ1v) is 12.5. The molecule has 1 fully saturated rings. The number of carbonyl (C=O) groups excluding carboxylic acids is 1. The van der Waals surface area contributed by atoms with Crippen LogP contribution in [0.15, 0.2) is 24.4 Å². The molecule has 0 radical (unpaired) electrons. The first kappa shape index (κ1) is 28.0. The summed E-state index contributed by atoms with van der Waals surface area (Å²) in [6, 6.07) is 6.33. The van der Waals surface area contributed by atoms with Gasteiger partial charge in [-0.3, -0.25) is 9.88 Å². The lowest BCUT2D eigenvalue weighted by Gasteiger charge is -2.37. The van der Waals surface area contributed by atoms with Crippen molar-refractivity contribution < 1.29 is 9.53 Å². The van der Waals surface area contributed by atoms with Gasteiger partial charge in [0.25, 0.3) is 0 Å². The van der Waals surface area contributed by atoms with E-state index in [-0.39, 0.29) is 18.4 Å². The molecular weight excluding hydrogens is 450 g/mol. The lowest BCUT2D eigenvalue weighted by molar-refractivity contribution is 0.114. The standard InChI is InChI=1S/C26H41N5O2.ClH/c1-5-30(6-2)26(32)31-17-15-29(16-18-31)14-10-8-7-9-12-27-24-20-22(33-4)19-23-21(3)11-13-28-25(23)24;/h11,13,19-20,27H,5-10,12,14-18H2,1-4H3;1H. The fourth-order valence-corrected chi connectivity index (χ4v) is 4.51. The zero-order valence-electron chi connectivity index (χ0n) is 21.3. The van der Waals surface area contributed by atoms with E-state index >= 15 is 0 Å². The van der Waals surface area contributed by atoms with Crippen LogP contribution in [0.2, 0.25) is 0 Å². The molecule has 1 saturated heterocycles. The molecule has 2 amide bonds. The lowest BCUT2D eigenvalue weighted by atomic mass is 10.1. The first-order chi connectivity index (χ1) is 16.1. The number of aryl methyl sites for hydroxylation is 1. The molecule has 2 heterocycles. The second-order valence-corrected chi connectivity index (χ2v) is 8.82. The number of piperazine rings is 1. The van der Waals surface area contributed by atoms with Crippen molar-refractivity contribution in [3.63, 3.8) is 0 Å². The molecule has 3 rings (SSSR count). The van der Waals surface area contributed by atoms with Gasteiger partial charge in [0.2, 0.25) is 0 Å². The Kier molecular flexibility index (Phi) is 11.7. The number of pyridine rings is 1. The maximum absolute atomic E-state index is 12.5. The van der Waals surface area contributed by atoms with Gasteiger partial charge in [0.1, 0.15) is 5.75 Å². The van der Waals surface area contributed by atoms with E-state index in [1.807, 2.05) is 42.0 Å². The number of amides is 2. The second-order valence-electron chi connectivity index (χ2n) is 8.82. The van der Waals surface area contributed by atoms with Crippen LogP contribution < -0.4 is 10.1 Å². The number of fused-ring (bicyclic) bond motifs is 1. The molecule has 0 unspecified atom stereocenters. The number of ether oxygens (including phenoxy) is 1. The number of hydrogen-bond acceptors (Lipinski definition) is 5. The van der Waals surface area contributed by atoms with E-state index in [9.17, 15) is 4.79 Å². The Bertz CT molecular complexity index is 898. The van der Waals surface area contributed by atoms with E-state index in [1.165, 1.54) is 24.8 Å². The van der Waals surface area contributed by atoms with Crippen molar-refractivity contribution in [2.24, 2.45) is 0 Å². The molecule has 2 aromatic rings. The zero-order valence-corrected chi connectivity index (χ0v) is 22.1. The van der Waals surface area contributed by atoms with Crippen LogP contribution in [0.3, 0.4) is 0 Å². The number of hydrogen-bond donors (Lipinski definition) is 1. The number of nitrogens with zero attached hydrogens (tertiary/aromatic N) is 4. The summed E-state index contributed by atoms with van der Waals surface area (Å²) in [4.78, 5) is 23.5. The number of carbonyl (C=O) groups is 1. The smallest absolute Gasteiger partial charge is 0.320 e. The average Bonchev–Trinajstić information content (AvgIpc) is 2.84. The van der Waals surface area contributed by atoms with Gasteiger partial charge in [0.05, 0.1) is 18.3 Å². The van der Waals surface area contributed by atoms with Crippen LogP contribution in [-0.2, 0) is 0 Å². The highest BCUT2D eigenvalue weighted by molar-refractivity contribution is 5.93. The summed E-state index contributed by atoms with van der Waals surface area (Å²) in [6.07, 6.45) is 6.66. The van der Waals surface area contributed by atoms with Gasteiger partial charge in [-0.25, -0.2) is 4.79 Å². The molecule has 1 aliphatic rings. The minimum absolute atomic E-state index is 0. The third-order valence-electron chi connectivity index (χ3n) is 6.67. The molecule has 7 nitrogen and oxygen atoms in total. The van der Waals surface area contributed by atoms with Crippen molar-refractivity contribution >= 4 is 35.0 Å². The molecule has 190 valence electrons. The van der Waals surface area contributed by atoms with Gasteiger partial charge in [-0.05, 0) is 57.9 Å². The summed E-state index contributed by atoms with van der Waals surface area (Å²) in [5, 5.41) is 4.71. The molecule has 0 atom stereocenters. The van der Waals surface area contributed by atoms with Gasteiger partial charge in [0.15, 0.2) is 0 Å². The number of rotatable bonds is 11. The van der Waals surface area contributed by atoms with Crippen LogP contribution in [0, 0.1) is 6.92 Å². The monoisotopic (exact) mass is 491 g/mol. The quantitative estimate of drug-likeness (QED) is 0.447. The van der Waals surface area contributed by atoms with Gasteiger partial charge in [-0.2, -0.15) is 0 Å². The number of aromatic nitrogens is 1. The van der Waals surface area contributed by atoms with Gasteiger partial charge in [-0.1, -0.05) is 12.8 Å². The molecule has 0 aliphatic carbocycles. The molecule has 0 bridgehead atoms. The number of urea groups is 1. The molecule has 0 saturated carbocycles. The fraction of sp³-hybridized carbons (Fsp3) is 0.615. The van der Waals surface area contributed by atoms with Crippen molar-refractivity contribution in [3.05, 3.63) is 30.0 Å². The number of unbranched alkanes of at least 4 members (excludes halogenated alkanes) is 3. The predicted octanol–water partition coefficient (Wildman–Crippen LogP) is 5.03. The van der Waals surface area contributed by atoms with Gasteiger partial charge < -0.3 is 19.9 Å². The Labute approximate surface area is 211 Å². The van der Waals surface area contributed by atoms with Crippen LogP contribution in [-0.4, -0.2) is 85.2 Å². The molecule has 34 heavy (non-hydrogen) atoms. The van der Waals surface area contributed by atoms with E-state index < -0.39 is 0 Å². The largest absolute Gasteiger partial charge is 0.497 e. The third kappa shape index (κ3) is 7.37. The Morgan fingerprint density at radius 1 is 1.09 bits per heavy atom. The minimum Gasteiger partial charge on any atom is -0.497 e. The highest BCUT2D eigenvalue weighted by Crippen LogP contribution is 2.29. The van der Waals surface area contributed by atoms with Crippen LogP contribution in [0.4, 0.5) is 10.5 Å². The van der Waals surface area contributed by atoms with E-state index in [4.69, 9.17) is 4.74 Å². The normalized spacial score (nSPS) is 14.1. The van der Waals surface area contributed by atoms with E-state index in [0.29, 0.717) is 0 Å². The SMILES string of the molecule is CCN(CC)C(=O)N1CCN(CCCCCCNc2cc(OC)cc3c(C)ccnc23)CC1.Cl. The highest BCUT2D eigenvalue weighted by Gasteiger charge is 2.23. The summed E-state index contributed by atoms with van der Waals surface area (Å²) in [6.45, 7) is 13.5. The molecule has 1 N–H and O–H groups in total. The molecule has 1 aliphatic heterocycles. The van der Waals surface area contributed by atoms with E-state index in [2.05, 4.69) is 28.2 Å². The van der Waals surface area contributed by atoms with Crippen molar-refractivity contribution in [3.8, 4) is 5.75 Å². The highest BCUT2D eigenvalue weighted by atomic mass is 35.5. The Morgan fingerprint density at radius 2 is 1.79 bits per heavy atom. The third-order valence-corrected chi connectivity index (χ3v) is 6.67. The van der Waals surface area contributed by atoms with E-state index in [1.54, 1.807) is 7.11 Å². The average molecular weight is 492 g/mol. The number of halogens is 1. The van der Waals surface area contributed by atoms with Crippen molar-refractivity contribution in [1.82, 2.24) is 19.7 Å². The van der Waals surface area contributed by atoms with Crippen LogP contribution >= 0.6 is 12.4 Å². The molecule has 8 heteroatoms. The van der Waals surface area contributed by atoms with E-state index in [0.717, 1.165) is 81.1 Å². The van der Waals surface area contributed by atoms with Crippen LogP contribution in [0.25, 0.3) is 10.9 Å². The Balaban J connectivity index is 0.00000408. The predicted molar refractivity (Wildman–Crippen MR) is 144 cm³/mol. The van der Waals surface area contributed by atoms with Gasteiger partial charge >= 0.3 is 6.03 Å². The van der Waals surface area contributed by atoms with Gasteiger partial charge in [-0.15, -0.1) is 12.4 Å². The summed E-state index contributed by atoms with van der Waals surface area (Å²) in [5.41, 5.74) is 3.26. The van der Waals surface area contributed by atoms with Crippen molar-refractivity contribution in [2.45, 2.75) is 46.5 Å². The van der Waals surface area contributed by atoms with Crippen LogP contribution in [0.1, 0.15) is 45.1 Å². The van der Waals surface area contributed by atoms with Crippen molar-refractivity contribution in [1.29, 1.82) is 0 Å². The maximum Gasteiger partial charge on any atom is 0.320 e. The van der Waals surface area contributed by atoms with Crippen molar-refractivity contribution in [2.75, 3.05) is 64.8 Å². The summed E-state index contributed by atoms with van der Waals surface area (Å²) in [5.74, 6) is 0.861. The van der Waals surface area contributed by atoms with Crippen LogP contribution in [0.5, 0.6) is 5.75 Å². The van der Waals surface area contributed by atoms with Gasteiger partial charge in [0, 0.05) is 63.5 Å². The molecule has 1 aromatic heterocycles. The zero-order chi connectivity index (χ0) is 23.6. The summed E-state index contributed by atoms with van der Waals surface area (Å²) < 4.78 is 5.48. The fourth-order valence-electron chi connectivity index (χ4n) is 4.51. The number of methoxy groups -OCH3 is 1. The Morgan fingerprint density at radius 3 is 2.47 bits per heavy atom. The lowest BCUT2D eigenvalue weighted by Crippen LogP contribution is -2.52. The molecule has 1 aromatic carbocycles. The maximum atomic E-state index is 12.5. The first-order valence-electron chi connectivity index (χ1n) is 12.5. The summed E-state index contributed by atoms with van der Waals surface area (Å²) in [7, 11) is 1.71. The Hall–Kier alpha value is -2.25. The number of nitrogens with one attached hydrogen (secondary N) is 1. The number of anilines is 1. The topological polar surface area (TPSA) is 60.9 Å². The number of benzene rings is 1. The second kappa shape index (κ2) is 14.2.